The molecule has 92 valence electrons. The maximum absolute atomic E-state index is 11.1. The van der Waals surface area contributed by atoms with Crippen LogP contribution in [0.2, 0.25) is 26.2 Å². The number of carboxylic acid groups (broad SMARTS) is 2. The van der Waals surface area contributed by atoms with E-state index >= 15 is 0 Å². The molecule has 0 saturated carbocycles. The zero-order chi connectivity index (χ0) is 13.3. The van der Waals surface area contributed by atoms with Crippen molar-refractivity contribution in [2.45, 2.75) is 26.2 Å². The highest BCUT2D eigenvalue weighted by molar-refractivity contribution is 7.29. The second kappa shape index (κ2) is 4.91. The number of aliphatic carboxylic acids is 2. The van der Waals surface area contributed by atoms with E-state index < -0.39 is 26.7 Å². The Labute approximate surface area is 105 Å². The van der Waals surface area contributed by atoms with Crippen molar-refractivity contribution in [2.75, 3.05) is 0 Å². The Kier molecular flexibility index (Phi) is 4.81. The van der Waals surface area contributed by atoms with Crippen molar-refractivity contribution in [3.8, 4) is 0 Å². The lowest BCUT2D eigenvalue weighted by Crippen LogP contribution is -2.38. The molecular weight excluding hydrogens is 287 g/mol. The van der Waals surface area contributed by atoms with Gasteiger partial charge in [-0.05, 0) is 0 Å². The van der Waals surface area contributed by atoms with E-state index in [-0.39, 0.29) is 10.4 Å². The molecule has 0 saturated heterocycles. The summed E-state index contributed by atoms with van der Waals surface area (Å²) in [6.45, 7) is 6.27. The molecule has 2 N–H and O–H groups in total. The third-order valence-electron chi connectivity index (χ3n) is 1.87. The SMILES string of the molecule is C[Si](C)(Cl)C(C(=O)O)=C(C(=O)O)[Si](C)(C)Cl. The fraction of sp³-hybridized carbons (Fsp3) is 0.500. The Morgan fingerprint density at radius 1 is 0.812 bits per heavy atom. The second-order valence-corrected chi connectivity index (χ2v) is 16.9. The normalized spacial score (nSPS) is 14.4. The van der Waals surface area contributed by atoms with Gasteiger partial charge in [0.05, 0.1) is 0 Å². The zero-order valence-electron chi connectivity index (χ0n) is 9.47. The zero-order valence-corrected chi connectivity index (χ0v) is 13.0. The van der Waals surface area contributed by atoms with Gasteiger partial charge in [0, 0.05) is 10.4 Å². The van der Waals surface area contributed by atoms with E-state index in [1.807, 2.05) is 0 Å². The van der Waals surface area contributed by atoms with Gasteiger partial charge in [-0.3, -0.25) is 0 Å². The highest BCUT2D eigenvalue weighted by Crippen LogP contribution is 2.30. The second-order valence-electron chi connectivity index (χ2n) is 4.31. The molecule has 0 aromatic heterocycles. The van der Waals surface area contributed by atoms with Gasteiger partial charge in [-0.2, -0.15) is 22.2 Å². The minimum absolute atomic E-state index is 0.201. The molecular formula is C8H14Cl2O4Si2. The van der Waals surface area contributed by atoms with Gasteiger partial charge in [-0.1, -0.05) is 26.2 Å². The van der Waals surface area contributed by atoms with E-state index in [4.69, 9.17) is 32.4 Å². The van der Waals surface area contributed by atoms with Gasteiger partial charge in [0.15, 0.2) is 14.8 Å². The minimum atomic E-state index is -2.76. The third kappa shape index (κ3) is 3.93. The van der Waals surface area contributed by atoms with Gasteiger partial charge >= 0.3 is 11.9 Å². The summed E-state index contributed by atoms with van der Waals surface area (Å²) in [5, 5.41) is 17.8. The Balaban J connectivity index is 6.09. The number of carboxylic acids is 2. The maximum atomic E-state index is 11.1. The first-order chi connectivity index (χ1) is 6.89. The molecule has 0 unspecified atom stereocenters. The lowest BCUT2D eigenvalue weighted by atomic mass is 10.5. The van der Waals surface area contributed by atoms with Gasteiger partial charge in [-0.15, -0.1) is 0 Å². The number of hydrogen-bond donors (Lipinski definition) is 2. The van der Waals surface area contributed by atoms with Crippen molar-refractivity contribution in [1.82, 2.24) is 0 Å². The highest BCUT2D eigenvalue weighted by Gasteiger charge is 2.41. The number of hydrogen-bond acceptors (Lipinski definition) is 2. The first kappa shape index (κ1) is 15.7. The van der Waals surface area contributed by atoms with Gasteiger partial charge < -0.3 is 10.2 Å². The molecule has 8 heteroatoms. The van der Waals surface area contributed by atoms with Crippen LogP contribution in [0, 0.1) is 0 Å². The summed E-state index contributed by atoms with van der Waals surface area (Å²) < 4.78 is 0. The van der Waals surface area contributed by atoms with Crippen LogP contribution in [-0.2, 0) is 9.59 Å². The molecule has 0 aliphatic carbocycles. The van der Waals surface area contributed by atoms with E-state index in [0.717, 1.165) is 0 Å². The van der Waals surface area contributed by atoms with Gasteiger partial charge in [0.2, 0.25) is 0 Å². The van der Waals surface area contributed by atoms with Crippen LogP contribution in [0.3, 0.4) is 0 Å². The molecule has 0 atom stereocenters. The van der Waals surface area contributed by atoms with Crippen LogP contribution in [0.1, 0.15) is 0 Å². The fourth-order valence-electron chi connectivity index (χ4n) is 1.32. The van der Waals surface area contributed by atoms with Gasteiger partial charge in [-0.25, -0.2) is 9.59 Å². The van der Waals surface area contributed by atoms with Crippen molar-refractivity contribution in [3.63, 3.8) is 0 Å². The van der Waals surface area contributed by atoms with E-state index in [9.17, 15) is 9.59 Å². The van der Waals surface area contributed by atoms with E-state index in [1.54, 1.807) is 26.2 Å². The lowest BCUT2D eigenvalue weighted by molar-refractivity contribution is -0.135. The van der Waals surface area contributed by atoms with Gasteiger partial charge in [0.25, 0.3) is 0 Å². The predicted molar refractivity (Wildman–Crippen MR) is 69.0 cm³/mol. The standard InChI is InChI=1S/C8H14Cl2O4Si2/c1-15(2,9)5(7(11)12)6(8(13)14)16(3,4)10/h1-4H3,(H,11,12)(H,13,14). The lowest BCUT2D eigenvalue weighted by Gasteiger charge is -2.22. The summed E-state index contributed by atoms with van der Waals surface area (Å²) in [6.07, 6.45) is 0. The van der Waals surface area contributed by atoms with Crippen LogP contribution in [0.5, 0.6) is 0 Å². The van der Waals surface area contributed by atoms with Crippen LogP contribution in [-0.4, -0.2) is 36.9 Å². The quantitative estimate of drug-likeness (QED) is 0.475. The topological polar surface area (TPSA) is 74.6 Å². The number of rotatable bonds is 4. The number of halogens is 2. The maximum Gasteiger partial charge on any atom is 0.328 e. The van der Waals surface area contributed by atoms with Crippen molar-refractivity contribution < 1.29 is 19.8 Å². The molecule has 0 aliphatic rings. The summed E-state index contributed by atoms with van der Waals surface area (Å²) in [5.74, 6) is -2.57. The van der Waals surface area contributed by atoms with Crippen molar-refractivity contribution >= 4 is 48.9 Å². The molecule has 0 aliphatic heterocycles. The van der Waals surface area contributed by atoms with Crippen molar-refractivity contribution in [3.05, 3.63) is 10.4 Å². The monoisotopic (exact) mass is 300 g/mol. The molecule has 16 heavy (non-hydrogen) atoms. The molecule has 0 aromatic rings. The molecule has 4 nitrogen and oxygen atoms in total. The molecule has 0 spiro atoms. The van der Waals surface area contributed by atoms with Crippen LogP contribution in [0.4, 0.5) is 0 Å². The highest BCUT2D eigenvalue weighted by atomic mass is 35.6. The summed E-state index contributed by atoms with van der Waals surface area (Å²) in [7, 11) is -5.53. The molecule has 0 fully saturated rings. The van der Waals surface area contributed by atoms with Crippen LogP contribution in [0.15, 0.2) is 10.4 Å². The summed E-state index contributed by atoms with van der Waals surface area (Å²) in [4.78, 5) is 22.3. The molecule has 0 amide bonds. The van der Waals surface area contributed by atoms with Crippen molar-refractivity contribution in [2.24, 2.45) is 0 Å². The average Bonchev–Trinajstić information content (AvgIpc) is 1.92. The predicted octanol–water partition coefficient (Wildman–Crippen LogP) is 2.42. The Morgan fingerprint density at radius 3 is 1.06 bits per heavy atom. The van der Waals surface area contributed by atoms with Crippen molar-refractivity contribution in [1.29, 1.82) is 0 Å². The largest absolute Gasteiger partial charge is 0.478 e. The Hall–Kier alpha value is -0.306. The van der Waals surface area contributed by atoms with E-state index in [2.05, 4.69) is 0 Å². The van der Waals surface area contributed by atoms with Crippen LogP contribution in [0.25, 0.3) is 0 Å². The minimum Gasteiger partial charge on any atom is -0.478 e. The summed E-state index contributed by atoms with van der Waals surface area (Å²) in [5.41, 5.74) is 0. The molecule has 0 aromatic carbocycles. The summed E-state index contributed by atoms with van der Waals surface area (Å²) in [6, 6.07) is 0. The first-order valence-corrected chi connectivity index (χ1v) is 12.5. The molecule has 0 bridgehead atoms. The average molecular weight is 301 g/mol. The summed E-state index contributed by atoms with van der Waals surface area (Å²) >= 11 is 12.1. The fourth-order valence-corrected chi connectivity index (χ4v) is 7.14. The first-order valence-electron chi connectivity index (χ1n) is 4.48. The Morgan fingerprint density at radius 2 is 1.00 bits per heavy atom. The van der Waals surface area contributed by atoms with E-state index in [0.29, 0.717) is 0 Å². The van der Waals surface area contributed by atoms with Gasteiger partial charge in [0.1, 0.15) is 0 Å². The van der Waals surface area contributed by atoms with Crippen LogP contribution >= 0.6 is 22.2 Å². The molecule has 0 radical (unpaired) electrons. The Bertz CT molecular complexity index is 318. The third-order valence-corrected chi connectivity index (χ3v) is 6.56. The molecule has 0 heterocycles. The number of carbonyl (C=O) groups is 2. The van der Waals surface area contributed by atoms with E-state index in [1.165, 1.54) is 0 Å². The molecule has 0 rings (SSSR count). The smallest absolute Gasteiger partial charge is 0.328 e. The van der Waals surface area contributed by atoms with Crippen LogP contribution < -0.4 is 0 Å².